The number of hydrogen-bond acceptors (Lipinski definition) is 3. The van der Waals surface area contributed by atoms with Crippen molar-refractivity contribution in [1.29, 1.82) is 0 Å². The minimum absolute atomic E-state index is 0.171. The maximum atomic E-state index is 10.9. The van der Waals surface area contributed by atoms with E-state index in [9.17, 15) is 4.79 Å². The minimum atomic E-state index is -0.569. The van der Waals surface area contributed by atoms with Crippen LogP contribution in [-0.2, 0) is 6.42 Å². The average Bonchev–Trinajstić information content (AvgIpc) is 2.87. The Labute approximate surface area is 106 Å². The predicted octanol–water partition coefficient (Wildman–Crippen LogP) is 1.71. The number of amides is 1. The summed E-state index contributed by atoms with van der Waals surface area (Å²) in [6.45, 7) is 2.18. The van der Waals surface area contributed by atoms with Crippen LogP contribution in [0.1, 0.15) is 35.8 Å². The lowest BCUT2D eigenvalue weighted by molar-refractivity contribution is 0.0995. The van der Waals surface area contributed by atoms with Crippen molar-refractivity contribution in [3.8, 4) is 5.69 Å². The molecule has 0 unspecified atom stereocenters. The van der Waals surface area contributed by atoms with Crippen LogP contribution in [-0.4, -0.2) is 20.9 Å². The predicted molar refractivity (Wildman–Crippen MR) is 68.5 cm³/mol. The number of unbranched alkanes of at least 4 members (excludes halogenated alkanes) is 1. The van der Waals surface area contributed by atoms with Crippen molar-refractivity contribution in [1.82, 2.24) is 15.0 Å². The van der Waals surface area contributed by atoms with Gasteiger partial charge in [0.1, 0.15) is 0 Å². The second-order valence-corrected chi connectivity index (χ2v) is 4.18. The van der Waals surface area contributed by atoms with E-state index < -0.39 is 5.91 Å². The van der Waals surface area contributed by atoms with Crippen molar-refractivity contribution in [2.45, 2.75) is 26.2 Å². The summed E-state index contributed by atoms with van der Waals surface area (Å²) in [4.78, 5) is 10.9. The maximum absolute atomic E-state index is 10.9. The van der Waals surface area contributed by atoms with E-state index in [1.54, 1.807) is 4.68 Å². The Morgan fingerprint density at radius 2 is 2.06 bits per heavy atom. The summed E-state index contributed by atoms with van der Waals surface area (Å²) in [5, 5.41) is 7.57. The summed E-state index contributed by atoms with van der Waals surface area (Å²) in [5.41, 5.74) is 7.47. The first kappa shape index (κ1) is 12.3. The van der Waals surface area contributed by atoms with Crippen molar-refractivity contribution >= 4 is 5.91 Å². The molecular formula is C13H16N4O. The zero-order valence-electron chi connectivity index (χ0n) is 10.3. The molecule has 0 atom stereocenters. The molecule has 2 rings (SSSR count). The summed E-state index contributed by atoms with van der Waals surface area (Å²) in [6.07, 6.45) is 4.99. The maximum Gasteiger partial charge on any atom is 0.270 e. The molecule has 1 heterocycles. The number of rotatable bonds is 5. The van der Waals surface area contributed by atoms with Gasteiger partial charge in [-0.15, -0.1) is 5.10 Å². The second kappa shape index (κ2) is 5.44. The van der Waals surface area contributed by atoms with Gasteiger partial charge >= 0.3 is 0 Å². The molecule has 0 bridgehead atoms. The van der Waals surface area contributed by atoms with Crippen LogP contribution >= 0.6 is 0 Å². The van der Waals surface area contributed by atoms with Crippen molar-refractivity contribution < 1.29 is 4.79 Å². The van der Waals surface area contributed by atoms with Gasteiger partial charge in [-0.2, -0.15) is 0 Å². The fourth-order valence-electron chi connectivity index (χ4n) is 1.70. The molecule has 5 heteroatoms. The molecule has 1 aromatic carbocycles. The van der Waals surface area contributed by atoms with Crippen LogP contribution in [0, 0.1) is 0 Å². The van der Waals surface area contributed by atoms with Crippen LogP contribution < -0.4 is 5.73 Å². The van der Waals surface area contributed by atoms with E-state index in [1.807, 2.05) is 12.1 Å². The topological polar surface area (TPSA) is 73.8 Å². The number of hydrogen-bond donors (Lipinski definition) is 1. The number of primary amides is 1. The van der Waals surface area contributed by atoms with Gasteiger partial charge in [-0.3, -0.25) is 4.79 Å². The monoisotopic (exact) mass is 244 g/mol. The molecule has 0 aliphatic heterocycles. The van der Waals surface area contributed by atoms with Crippen molar-refractivity contribution in [2.75, 3.05) is 0 Å². The molecule has 2 aromatic rings. The Bertz CT molecular complexity index is 530. The van der Waals surface area contributed by atoms with Gasteiger partial charge in [-0.05, 0) is 30.5 Å². The molecule has 0 aliphatic rings. The molecule has 0 saturated carbocycles. The molecule has 0 spiro atoms. The van der Waals surface area contributed by atoms with E-state index in [4.69, 9.17) is 5.73 Å². The van der Waals surface area contributed by atoms with E-state index >= 15 is 0 Å². The van der Waals surface area contributed by atoms with Gasteiger partial charge < -0.3 is 5.73 Å². The third kappa shape index (κ3) is 2.74. The van der Waals surface area contributed by atoms with Gasteiger partial charge in [-0.1, -0.05) is 30.7 Å². The standard InChI is InChI=1S/C13H16N4O/c1-2-3-4-10-5-7-11(8-6-10)17-9-12(13(14)18)15-16-17/h5-9H,2-4H2,1H3,(H2,14,18). The Balaban J connectivity index is 2.15. The molecule has 0 aliphatic carbocycles. The van der Waals surface area contributed by atoms with Crippen LogP contribution in [0.15, 0.2) is 30.5 Å². The van der Waals surface area contributed by atoms with E-state index in [2.05, 4.69) is 29.4 Å². The summed E-state index contributed by atoms with van der Waals surface area (Å²) >= 11 is 0. The summed E-state index contributed by atoms with van der Waals surface area (Å²) in [7, 11) is 0. The number of nitrogens with two attached hydrogens (primary N) is 1. The lowest BCUT2D eigenvalue weighted by atomic mass is 10.1. The highest BCUT2D eigenvalue weighted by Gasteiger charge is 2.07. The largest absolute Gasteiger partial charge is 0.364 e. The lowest BCUT2D eigenvalue weighted by Gasteiger charge is -2.02. The Morgan fingerprint density at radius 1 is 1.33 bits per heavy atom. The van der Waals surface area contributed by atoms with Gasteiger partial charge in [0.05, 0.1) is 11.9 Å². The van der Waals surface area contributed by atoms with Crippen LogP contribution in [0.2, 0.25) is 0 Å². The quantitative estimate of drug-likeness (QED) is 0.870. The van der Waals surface area contributed by atoms with Gasteiger partial charge in [0, 0.05) is 0 Å². The molecule has 1 aromatic heterocycles. The lowest BCUT2D eigenvalue weighted by Crippen LogP contribution is -2.11. The number of aryl methyl sites for hydroxylation is 1. The highest BCUT2D eigenvalue weighted by molar-refractivity contribution is 5.90. The molecule has 0 saturated heterocycles. The van der Waals surface area contributed by atoms with E-state index in [0.29, 0.717) is 0 Å². The molecular weight excluding hydrogens is 228 g/mol. The summed E-state index contributed by atoms with van der Waals surface area (Å²) in [5.74, 6) is -0.569. The van der Waals surface area contributed by atoms with Crippen LogP contribution in [0.25, 0.3) is 5.69 Å². The SMILES string of the molecule is CCCCc1ccc(-n2cc(C(N)=O)nn2)cc1. The first-order valence-electron chi connectivity index (χ1n) is 6.02. The third-order valence-electron chi connectivity index (χ3n) is 2.77. The second-order valence-electron chi connectivity index (χ2n) is 4.18. The van der Waals surface area contributed by atoms with Crippen LogP contribution in [0.5, 0.6) is 0 Å². The highest BCUT2D eigenvalue weighted by Crippen LogP contribution is 2.11. The molecule has 1 amide bonds. The Morgan fingerprint density at radius 3 is 2.61 bits per heavy atom. The molecule has 5 nitrogen and oxygen atoms in total. The van der Waals surface area contributed by atoms with Gasteiger partial charge in [0.15, 0.2) is 5.69 Å². The Kier molecular flexibility index (Phi) is 3.72. The molecule has 94 valence electrons. The smallest absolute Gasteiger partial charge is 0.270 e. The summed E-state index contributed by atoms with van der Waals surface area (Å²) in [6, 6.07) is 8.06. The first-order chi connectivity index (χ1) is 8.70. The molecule has 2 N–H and O–H groups in total. The van der Waals surface area contributed by atoms with Crippen molar-refractivity contribution in [2.24, 2.45) is 5.73 Å². The number of carbonyl (C=O) groups is 1. The van der Waals surface area contributed by atoms with Gasteiger partial charge in [0.25, 0.3) is 5.91 Å². The fraction of sp³-hybridized carbons (Fsp3) is 0.308. The minimum Gasteiger partial charge on any atom is -0.364 e. The number of nitrogens with zero attached hydrogens (tertiary/aromatic N) is 3. The third-order valence-corrected chi connectivity index (χ3v) is 2.77. The number of carbonyl (C=O) groups excluding carboxylic acids is 1. The fourth-order valence-corrected chi connectivity index (χ4v) is 1.70. The van der Waals surface area contributed by atoms with Crippen molar-refractivity contribution in [3.63, 3.8) is 0 Å². The zero-order chi connectivity index (χ0) is 13.0. The normalized spacial score (nSPS) is 10.5. The van der Waals surface area contributed by atoms with Gasteiger partial charge in [-0.25, -0.2) is 4.68 Å². The summed E-state index contributed by atoms with van der Waals surface area (Å²) < 4.78 is 1.55. The number of aromatic nitrogens is 3. The van der Waals surface area contributed by atoms with Crippen LogP contribution in [0.4, 0.5) is 0 Å². The molecule has 0 fully saturated rings. The average molecular weight is 244 g/mol. The van der Waals surface area contributed by atoms with E-state index in [-0.39, 0.29) is 5.69 Å². The molecule has 0 radical (unpaired) electrons. The van der Waals surface area contributed by atoms with Gasteiger partial charge in [0.2, 0.25) is 0 Å². The first-order valence-corrected chi connectivity index (χ1v) is 6.02. The highest BCUT2D eigenvalue weighted by atomic mass is 16.1. The van der Waals surface area contributed by atoms with Crippen molar-refractivity contribution in [3.05, 3.63) is 41.7 Å². The Hall–Kier alpha value is -2.17. The number of benzene rings is 1. The van der Waals surface area contributed by atoms with E-state index in [0.717, 1.165) is 12.1 Å². The zero-order valence-corrected chi connectivity index (χ0v) is 10.3. The van der Waals surface area contributed by atoms with E-state index in [1.165, 1.54) is 24.6 Å². The molecule has 18 heavy (non-hydrogen) atoms. The van der Waals surface area contributed by atoms with Crippen LogP contribution in [0.3, 0.4) is 0 Å².